The van der Waals surface area contributed by atoms with Crippen LogP contribution in [0.2, 0.25) is 0 Å². The van der Waals surface area contributed by atoms with Crippen LogP contribution in [0.5, 0.6) is 0 Å². The number of carbonyl (C=O) groups is 1. The maximum Gasteiger partial charge on any atom is 0.142 e. The van der Waals surface area contributed by atoms with E-state index in [0.29, 0.717) is 0 Å². The summed E-state index contributed by atoms with van der Waals surface area (Å²) in [6, 6.07) is 0. The van der Waals surface area contributed by atoms with Crippen LogP contribution in [0.3, 0.4) is 0 Å². The Morgan fingerprint density at radius 2 is 0.520 bits per heavy atom. The molecule has 0 atom stereocenters. The highest BCUT2D eigenvalue weighted by molar-refractivity contribution is 5.65. The first-order valence-electron chi connectivity index (χ1n) is 8.15. The molecule has 0 amide bonds. The van der Waals surface area contributed by atoms with Gasteiger partial charge in [0.15, 0.2) is 0 Å². The van der Waals surface area contributed by atoms with Crippen molar-refractivity contribution in [1.29, 1.82) is 0 Å². The van der Waals surface area contributed by atoms with Crippen molar-refractivity contribution >= 4 is 6.29 Å². The molecule has 1 nitrogen and oxygen atoms in total. The SMILES string of the molecule is C/C=C/C=C/C=C/C=C/C=C/C=C/C=C/C=C/C=C/C=C/C=C/C=O. The Labute approximate surface area is 152 Å². The minimum absolute atomic E-state index is 0.750. The van der Waals surface area contributed by atoms with E-state index >= 15 is 0 Å². The van der Waals surface area contributed by atoms with Gasteiger partial charge in [-0.25, -0.2) is 0 Å². The minimum Gasteiger partial charge on any atom is -0.299 e. The van der Waals surface area contributed by atoms with Crippen molar-refractivity contribution in [3.63, 3.8) is 0 Å². The van der Waals surface area contributed by atoms with Crippen LogP contribution in [0, 0.1) is 0 Å². The maximum atomic E-state index is 10.0. The van der Waals surface area contributed by atoms with Gasteiger partial charge in [-0.1, -0.05) is 128 Å². The molecule has 0 aliphatic heterocycles. The fourth-order valence-corrected chi connectivity index (χ4v) is 1.38. The first-order valence-corrected chi connectivity index (χ1v) is 8.15. The largest absolute Gasteiger partial charge is 0.299 e. The molecule has 0 aromatic heterocycles. The highest BCUT2D eigenvalue weighted by atomic mass is 16.1. The fraction of sp³-hybridized carbons (Fsp3) is 0.0417. The summed E-state index contributed by atoms with van der Waals surface area (Å²) in [5, 5.41) is 0. The predicted octanol–water partition coefficient (Wildman–Crippen LogP) is 6.32. The summed E-state index contributed by atoms with van der Waals surface area (Å²) in [6.07, 6.45) is 43.0. The first kappa shape index (κ1) is 21.8. The molecule has 0 unspecified atom stereocenters. The minimum atomic E-state index is 0.750. The Balaban J connectivity index is 3.92. The molecule has 1 heteroatoms. The third-order valence-corrected chi connectivity index (χ3v) is 2.49. The zero-order valence-corrected chi connectivity index (χ0v) is 14.7. The van der Waals surface area contributed by atoms with Crippen LogP contribution < -0.4 is 0 Å². The van der Waals surface area contributed by atoms with E-state index in [1.54, 1.807) is 12.2 Å². The van der Waals surface area contributed by atoms with Gasteiger partial charge in [0.05, 0.1) is 0 Å². The lowest BCUT2D eigenvalue weighted by Crippen LogP contribution is -1.56. The highest BCUT2D eigenvalue weighted by Crippen LogP contribution is 1.87. The molecule has 0 heterocycles. The van der Waals surface area contributed by atoms with Crippen molar-refractivity contribution in [2.24, 2.45) is 0 Å². The van der Waals surface area contributed by atoms with Gasteiger partial charge in [0, 0.05) is 0 Å². The van der Waals surface area contributed by atoms with Gasteiger partial charge in [0.1, 0.15) is 6.29 Å². The van der Waals surface area contributed by atoms with Crippen LogP contribution in [0.4, 0.5) is 0 Å². The van der Waals surface area contributed by atoms with E-state index in [0.717, 1.165) is 6.29 Å². The third-order valence-electron chi connectivity index (χ3n) is 2.49. The Hall–Kier alpha value is -3.19. The summed E-state index contributed by atoms with van der Waals surface area (Å²) in [6.45, 7) is 1.99. The Kier molecular flexibility index (Phi) is 18.2. The van der Waals surface area contributed by atoms with Crippen molar-refractivity contribution in [3.8, 4) is 0 Å². The summed E-state index contributed by atoms with van der Waals surface area (Å²) >= 11 is 0. The number of aldehydes is 1. The van der Waals surface area contributed by atoms with Crippen molar-refractivity contribution in [1.82, 2.24) is 0 Å². The quantitative estimate of drug-likeness (QED) is 0.246. The van der Waals surface area contributed by atoms with E-state index in [1.807, 2.05) is 122 Å². The van der Waals surface area contributed by atoms with Crippen molar-refractivity contribution in [3.05, 3.63) is 134 Å². The first-order chi connectivity index (χ1) is 12.4. The summed E-state index contributed by atoms with van der Waals surface area (Å²) in [4.78, 5) is 10.0. The Morgan fingerprint density at radius 1 is 0.320 bits per heavy atom. The number of carbonyl (C=O) groups excluding carboxylic acids is 1. The zero-order chi connectivity index (χ0) is 18.3. The number of hydrogen-bond acceptors (Lipinski definition) is 1. The lowest BCUT2D eigenvalue weighted by molar-refractivity contribution is -0.104. The molecule has 0 saturated carbocycles. The van der Waals surface area contributed by atoms with Crippen LogP contribution in [0.1, 0.15) is 6.92 Å². The second-order valence-electron chi connectivity index (χ2n) is 4.51. The van der Waals surface area contributed by atoms with Gasteiger partial charge < -0.3 is 0 Å². The topological polar surface area (TPSA) is 17.1 Å². The molecule has 0 aromatic rings. The Morgan fingerprint density at radius 3 is 0.720 bits per heavy atom. The van der Waals surface area contributed by atoms with Crippen LogP contribution in [-0.2, 0) is 4.79 Å². The molecule has 0 radical (unpaired) electrons. The molecular weight excluding hydrogens is 304 g/mol. The zero-order valence-electron chi connectivity index (χ0n) is 14.7. The molecule has 0 aliphatic carbocycles. The monoisotopic (exact) mass is 330 g/mol. The molecule has 0 aromatic carbocycles. The summed E-state index contributed by atoms with van der Waals surface area (Å²) in [7, 11) is 0. The van der Waals surface area contributed by atoms with Crippen LogP contribution in [0.15, 0.2) is 134 Å². The van der Waals surface area contributed by atoms with E-state index in [-0.39, 0.29) is 0 Å². The Bertz CT molecular complexity index is 640. The lowest BCUT2D eigenvalue weighted by atomic mass is 10.3. The van der Waals surface area contributed by atoms with Gasteiger partial charge in [0.2, 0.25) is 0 Å². The standard InChI is InChI=1S/C24H26O/c1-2-3-4-5-6-7-8-9-10-11-12-13-14-15-16-17-18-19-20-21-22-23-24-25/h2-24H,1H3/b3-2+,5-4+,7-6+,9-8+,11-10+,13-12+,15-14+,17-16+,19-18+,21-20+,23-22+. The van der Waals surface area contributed by atoms with Crippen molar-refractivity contribution < 1.29 is 4.79 Å². The van der Waals surface area contributed by atoms with Gasteiger partial charge in [-0.3, -0.25) is 4.79 Å². The van der Waals surface area contributed by atoms with Crippen molar-refractivity contribution in [2.45, 2.75) is 6.92 Å². The third kappa shape index (κ3) is 20.8. The lowest BCUT2D eigenvalue weighted by Gasteiger charge is -1.76. The van der Waals surface area contributed by atoms with Gasteiger partial charge in [-0.2, -0.15) is 0 Å². The fourth-order valence-electron chi connectivity index (χ4n) is 1.38. The molecule has 25 heavy (non-hydrogen) atoms. The molecule has 0 rings (SSSR count). The smallest absolute Gasteiger partial charge is 0.142 e. The number of rotatable bonds is 11. The van der Waals surface area contributed by atoms with E-state index in [1.165, 1.54) is 6.08 Å². The predicted molar refractivity (Wildman–Crippen MR) is 112 cm³/mol. The van der Waals surface area contributed by atoms with Crippen LogP contribution in [0.25, 0.3) is 0 Å². The summed E-state index contributed by atoms with van der Waals surface area (Å²) in [5.74, 6) is 0. The molecular formula is C24H26O. The van der Waals surface area contributed by atoms with E-state index in [2.05, 4.69) is 0 Å². The van der Waals surface area contributed by atoms with E-state index in [9.17, 15) is 4.79 Å². The summed E-state index contributed by atoms with van der Waals surface area (Å²) in [5.41, 5.74) is 0. The second-order valence-corrected chi connectivity index (χ2v) is 4.51. The molecule has 0 bridgehead atoms. The number of hydrogen-bond donors (Lipinski definition) is 0. The average molecular weight is 330 g/mol. The maximum absolute atomic E-state index is 10.0. The van der Waals surface area contributed by atoms with Gasteiger partial charge in [-0.15, -0.1) is 0 Å². The molecule has 0 saturated heterocycles. The molecule has 0 N–H and O–H groups in total. The molecule has 128 valence electrons. The summed E-state index contributed by atoms with van der Waals surface area (Å²) < 4.78 is 0. The van der Waals surface area contributed by atoms with E-state index in [4.69, 9.17) is 0 Å². The van der Waals surface area contributed by atoms with E-state index < -0.39 is 0 Å². The van der Waals surface area contributed by atoms with Crippen LogP contribution in [-0.4, -0.2) is 6.29 Å². The average Bonchev–Trinajstić information content (AvgIpc) is 2.63. The van der Waals surface area contributed by atoms with Crippen LogP contribution >= 0.6 is 0 Å². The number of allylic oxidation sites excluding steroid dienone is 22. The van der Waals surface area contributed by atoms with Gasteiger partial charge in [0.25, 0.3) is 0 Å². The molecule has 0 spiro atoms. The van der Waals surface area contributed by atoms with Crippen molar-refractivity contribution in [2.75, 3.05) is 0 Å². The van der Waals surface area contributed by atoms with Gasteiger partial charge in [-0.05, 0) is 13.0 Å². The molecule has 0 aliphatic rings. The molecule has 0 fully saturated rings. The second kappa shape index (κ2) is 20.8. The van der Waals surface area contributed by atoms with Gasteiger partial charge >= 0.3 is 0 Å². The highest BCUT2D eigenvalue weighted by Gasteiger charge is 1.65. The normalized spacial score (nSPS) is 14.6.